The lowest BCUT2D eigenvalue weighted by Crippen LogP contribution is -2.33. The minimum atomic E-state index is -0.212. The van der Waals surface area contributed by atoms with Crippen molar-refractivity contribution in [1.29, 1.82) is 0 Å². The fourth-order valence-corrected chi connectivity index (χ4v) is 2.41. The minimum Gasteiger partial charge on any atom is -0.469 e. The van der Waals surface area contributed by atoms with Crippen LogP contribution < -0.4 is 16.4 Å². The summed E-state index contributed by atoms with van der Waals surface area (Å²) in [6.07, 6.45) is 2.25. The Balaban J connectivity index is 1.98. The summed E-state index contributed by atoms with van der Waals surface area (Å²) in [5.41, 5.74) is 5.71. The summed E-state index contributed by atoms with van der Waals surface area (Å²) in [6, 6.07) is 3.66. The molecule has 0 aromatic carbocycles. The molecule has 0 spiro atoms. The number of rotatable bonds is 5. The number of aromatic nitrogens is 1. The first kappa shape index (κ1) is 13.4. The number of nitrogens with one attached hydrogen (secondary N) is 2. The van der Waals surface area contributed by atoms with Gasteiger partial charge in [0.1, 0.15) is 16.5 Å². The second-order valence-corrected chi connectivity index (χ2v) is 5.14. The zero-order valence-corrected chi connectivity index (χ0v) is 11.6. The van der Waals surface area contributed by atoms with Crippen LogP contribution >= 0.6 is 11.3 Å². The van der Waals surface area contributed by atoms with E-state index in [1.54, 1.807) is 13.3 Å². The summed E-state index contributed by atoms with van der Waals surface area (Å²) in [4.78, 5) is 16.5. The topological polar surface area (TPSA) is 93.2 Å². The normalized spacial score (nSPS) is 12.1. The van der Waals surface area contributed by atoms with Gasteiger partial charge in [-0.2, -0.15) is 0 Å². The van der Waals surface area contributed by atoms with E-state index in [0.717, 1.165) is 5.76 Å². The van der Waals surface area contributed by atoms with Crippen molar-refractivity contribution in [2.45, 2.75) is 19.4 Å². The number of nitrogens with two attached hydrogens (primary N) is 1. The summed E-state index contributed by atoms with van der Waals surface area (Å²) >= 11 is 1.23. The third kappa shape index (κ3) is 3.25. The van der Waals surface area contributed by atoms with Gasteiger partial charge in [-0.05, 0) is 19.1 Å². The Kier molecular flexibility index (Phi) is 4.06. The lowest BCUT2D eigenvalue weighted by atomic mass is 10.2. The van der Waals surface area contributed by atoms with Crippen molar-refractivity contribution in [3.63, 3.8) is 0 Å². The maximum absolute atomic E-state index is 12.1. The minimum absolute atomic E-state index is 0.0433. The number of carbonyl (C=O) groups is 1. The summed E-state index contributed by atoms with van der Waals surface area (Å²) < 4.78 is 5.24. The molecule has 0 fully saturated rings. The summed E-state index contributed by atoms with van der Waals surface area (Å²) in [5.74, 6) is 0.869. The monoisotopic (exact) mass is 280 g/mol. The van der Waals surface area contributed by atoms with E-state index in [2.05, 4.69) is 15.6 Å². The van der Waals surface area contributed by atoms with Crippen LogP contribution in [-0.2, 0) is 6.42 Å². The Hall–Kier alpha value is -2.02. The first-order valence-electron chi connectivity index (χ1n) is 5.87. The van der Waals surface area contributed by atoms with E-state index in [-0.39, 0.29) is 17.8 Å². The van der Waals surface area contributed by atoms with Gasteiger partial charge in [0.15, 0.2) is 5.13 Å². The number of amides is 1. The van der Waals surface area contributed by atoms with E-state index in [4.69, 9.17) is 10.2 Å². The van der Waals surface area contributed by atoms with Crippen LogP contribution in [0.5, 0.6) is 0 Å². The molecule has 0 saturated heterocycles. The Bertz CT molecular complexity index is 550. The Morgan fingerprint density at radius 1 is 1.63 bits per heavy atom. The van der Waals surface area contributed by atoms with Crippen molar-refractivity contribution in [2.24, 2.45) is 0 Å². The fourth-order valence-electron chi connectivity index (χ4n) is 1.67. The number of hydrogen-bond acceptors (Lipinski definition) is 6. The molecule has 19 heavy (non-hydrogen) atoms. The average Bonchev–Trinajstić information content (AvgIpc) is 2.98. The third-order valence-corrected chi connectivity index (χ3v) is 3.63. The summed E-state index contributed by atoms with van der Waals surface area (Å²) in [6.45, 7) is 1.91. The number of carbonyl (C=O) groups excluding carboxylic acids is 1. The lowest BCUT2D eigenvalue weighted by Gasteiger charge is -2.11. The lowest BCUT2D eigenvalue weighted by molar-refractivity contribution is 0.0944. The molecule has 2 heterocycles. The van der Waals surface area contributed by atoms with E-state index in [9.17, 15) is 4.79 Å². The van der Waals surface area contributed by atoms with Gasteiger partial charge in [0.25, 0.3) is 5.91 Å². The van der Waals surface area contributed by atoms with Gasteiger partial charge in [0.2, 0.25) is 0 Å². The number of nitrogen functional groups attached to an aromatic ring is 1. The average molecular weight is 280 g/mol. The van der Waals surface area contributed by atoms with Crippen molar-refractivity contribution in [1.82, 2.24) is 10.3 Å². The molecule has 0 aliphatic heterocycles. The van der Waals surface area contributed by atoms with Crippen molar-refractivity contribution < 1.29 is 9.21 Å². The fraction of sp³-hybridized carbons (Fsp3) is 0.333. The molecular formula is C12H16N4O2S. The summed E-state index contributed by atoms with van der Waals surface area (Å²) in [5, 5.41) is 6.37. The van der Waals surface area contributed by atoms with Gasteiger partial charge in [-0.25, -0.2) is 4.98 Å². The van der Waals surface area contributed by atoms with Crippen LogP contribution in [0.25, 0.3) is 0 Å². The highest BCUT2D eigenvalue weighted by atomic mass is 32.1. The molecule has 4 N–H and O–H groups in total. The molecule has 2 rings (SSSR count). The predicted octanol–water partition coefficient (Wildman–Crippen LogP) is 1.72. The zero-order valence-electron chi connectivity index (χ0n) is 10.8. The highest BCUT2D eigenvalue weighted by Crippen LogP contribution is 2.24. The molecule has 102 valence electrons. The van der Waals surface area contributed by atoms with Crippen LogP contribution in [0.2, 0.25) is 0 Å². The second kappa shape index (κ2) is 5.75. The zero-order chi connectivity index (χ0) is 13.8. The molecule has 0 radical (unpaired) electrons. The van der Waals surface area contributed by atoms with Gasteiger partial charge in [0, 0.05) is 19.5 Å². The largest absolute Gasteiger partial charge is 0.469 e. The molecule has 2 aromatic heterocycles. The molecule has 1 amide bonds. The molecule has 0 bridgehead atoms. The van der Waals surface area contributed by atoms with Crippen molar-refractivity contribution in [3.05, 3.63) is 29.0 Å². The molecule has 0 saturated carbocycles. The van der Waals surface area contributed by atoms with Gasteiger partial charge in [-0.15, -0.1) is 0 Å². The number of nitrogens with zero attached hydrogens (tertiary/aromatic N) is 1. The SMILES string of the molecule is CNc1nc(N)c(C(=O)NC(C)Cc2ccco2)s1. The van der Waals surface area contributed by atoms with E-state index >= 15 is 0 Å². The van der Waals surface area contributed by atoms with Gasteiger partial charge in [-0.1, -0.05) is 11.3 Å². The standard InChI is InChI=1S/C12H16N4O2S/c1-7(6-8-4-3-5-18-8)15-11(17)9-10(13)16-12(14-2)19-9/h3-5,7H,6,13H2,1-2H3,(H,14,16)(H,15,17). The van der Waals surface area contributed by atoms with Crippen molar-refractivity contribution in [3.8, 4) is 0 Å². The molecule has 1 unspecified atom stereocenters. The van der Waals surface area contributed by atoms with Crippen LogP contribution in [0.15, 0.2) is 22.8 Å². The maximum Gasteiger partial charge on any atom is 0.265 e. The second-order valence-electron chi connectivity index (χ2n) is 4.14. The van der Waals surface area contributed by atoms with Gasteiger partial charge >= 0.3 is 0 Å². The Labute approximate surface area is 115 Å². The smallest absolute Gasteiger partial charge is 0.265 e. The Morgan fingerprint density at radius 3 is 3.00 bits per heavy atom. The predicted molar refractivity (Wildman–Crippen MR) is 75.4 cm³/mol. The van der Waals surface area contributed by atoms with Crippen LogP contribution in [0.4, 0.5) is 10.9 Å². The van der Waals surface area contributed by atoms with Crippen molar-refractivity contribution in [2.75, 3.05) is 18.1 Å². The van der Waals surface area contributed by atoms with Crippen LogP contribution in [0.1, 0.15) is 22.4 Å². The molecule has 0 aliphatic rings. The van der Waals surface area contributed by atoms with Gasteiger partial charge < -0.3 is 20.8 Å². The van der Waals surface area contributed by atoms with E-state index in [1.165, 1.54) is 11.3 Å². The first-order chi connectivity index (χ1) is 9.10. The van der Waals surface area contributed by atoms with E-state index in [0.29, 0.717) is 16.4 Å². The van der Waals surface area contributed by atoms with Gasteiger partial charge in [-0.3, -0.25) is 4.79 Å². The third-order valence-electron chi connectivity index (χ3n) is 2.54. The van der Waals surface area contributed by atoms with Crippen LogP contribution in [0, 0.1) is 0 Å². The highest BCUT2D eigenvalue weighted by molar-refractivity contribution is 7.18. The molecule has 0 aliphatic carbocycles. The maximum atomic E-state index is 12.1. The molecule has 1 atom stereocenters. The number of thiazole rings is 1. The molecule has 7 heteroatoms. The number of hydrogen-bond donors (Lipinski definition) is 3. The Morgan fingerprint density at radius 2 is 2.42 bits per heavy atom. The summed E-state index contributed by atoms with van der Waals surface area (Å²) in [7, 11) is 1.74. The highest BCUT2D eigenvalue weighted by Gasteiger charge is 2.18. The molecule has 6 nitrogen and oxygen atoms in total. The van der Waals surface area contributed by atoms with Crippen LogP contribution in [0.3, 0.4) is 0 Å². The molecular weight excluding hydrogens is 264 g/mol. The quantitative estimate of drug-likeness (QED) is 0.775. The molecule has 2 aromatic rings. The van der Waals surface area contributed by atoms with Gasteiger partial charge in [0.05, 0.1) is 6.26 Å². The number of furan rings is 1. The van der Waals surface area contributed by atoms with Crippen molar-refractivity contribution >= 4 is 28.2 Å². The van der Waals surface area contributed by atoms with Crippen LogP contribution in [-0.4, -0.2) is 24.0 Å². The first-order valence-corrected chi connectivity index (χ1v) is 6.69. The number of anilines is 2. The van der Waals surface area contributed by atoms with E-state index < -0.39 is 0 Å². The van der Waals surface area contributed by atoms with E-state index in [1.807, 2.05) is 19.1 Å².